The molecule has 0 radical (unpaired) electrons. The summed E-state index contributed by atoms with van der Waals surface area (Å²) in [4.78, 5) is 35.3. The lowest BCUT2D eigenvalue weighted by molar-refractivity contribution is -0.117. The van der Waals surface area contributed by atoms with Crippen molar-refractivity contribution >= 4 is 58.0 Å². The number of carbonyl (C=O) groups is 2. The van der Waals surface area contributed by atoms with Gasteiger partial charge in [-0.1, -0.05) is 53.0 Å². The van der Waals surface area contributed by atoms with Crippen molar-refractivity contribution in [3.63, 3.8) is 0 Å². The fraction of sp³-hybridized carbons (Fsp3) is 0.200. The van der Waals surface area contributed by atoms with Crippen molar-refractivity contribution in [1.82, 2.24) is 10.3 Å². The zero-order chi connectivity index (χ0) is 25.8. The number of rotatable bonds is 7. The van der Waals surface area contributed by atoms with E-state index < -0.39 is 18.0 Å². The number of para-hydroxylation sites is 1. The number of methoxy groups -OCH3 is 1. The number of fused-ring (bicyclic) bond motifs is 1. The average Bonchev–Trinajstić information content (AvgIpc) is 2.95. The molecule has 2 aromatic carbocycles. The number of benzodiazepines with no additional fused rings is 1. The van der Waals surface area contributed by atoms with Gasteiger partial charge in [-0.2, -0.15) is 0 Å². The van der Waals surface area contributed by atoms with Crippen molar-refractivity contribution in [1.29, 1.82) is 0 Å². The summed E-state index contributed by atoms with van der Waals surface area (Å²) in [6, 6.07) is 11.8. The van der Waals surface area contributed by atoms with Gasteiger partial charge in [-0.05, 0) is 36.8 Å². The molecule has 2 amide bonds. The van der Waals surface area contributed by atoms with Gasteiger partial charge in [0.05, 0.1) is 28.1 Å². The van der Waals surface area contributed by atoms with E-state index in [1.54, 1.807) is 37.3 Å². The van der Waals surface area contributed by atoms with Gasteiger partial charge >= 0.3 is 0 Å². The number of nitrogens with one attached hydrogen (secondary N) is 2. The highest BCUT2D eigenvalue weighted by Crippen LogP contribution is 2.34. The molecule has 0 spiro atoms. The lowest BCUT2D eigenvalue weighted by Gasteiger charge is -2.17. The van der Waals surface area contributed by atoms with Crippen molar-refractivity contribution < 1.29 is 19.1 Å². The van der Waals surface area contributed by atoms with Crippen LogP contribution in [0.5, 0.6) is 5.88 Å². The molecule has 1 aliphatic rings. The molecule has 1 aliphatic heterocycles. The van der Waals surface area contributed by atoms with Crippen LogP contribution in [0.1, 0.15) is 27.0 Å². The molecule has 8 nitrogen and oxygen atoms in total. The van der Waals surface area contributed by atoms with Gasteiger partial charge in [0.25, 0.3) is 11.8 Å². The summed E-state index contributed by atoms with van der Waals surface area (Å²) in [5.41, 5.74) is 2.56. The molecule has 4 rings (SSSR count). The maximum absolute atomic E-state index is 13.4. The highest BCUT2D eigenvalue weighted by atomic mass is 35.5. The van der Waals surface area contributed by atoms with Gasteiger partial charge in [0.15, 0.2) is 0 Å². The fourth-order valence-electron chi connectivity index (χ4n) is 3.66. The molecule has 1 aromatic heterocycles. The van der Waals surface area contributed by atoms with Gasteiger partial charge in [0.2, 0.25) is 12.0 Å². The molecule has 0 aliphatic carbocycles. The van der Waals surface area contributed by atoms with Crippen LogP contribution in [-0.4, -0.2) is 49.0 Å². The molecule has 36 heavy (non-hydrogen) atoms. The van der Waals surface area contributed by atoms with Gasteiger partial charge in [-0.25, -0.2) is 9.98 Å². The lowest BCUT2D eigenvalue weighted by Crippen LogP contribution is -2.42. The molecule has 0 saturated carbocycles. The summed E-state index contributed by atoms with van der Waals surface area (Å²) in [6.45, 7) is 2.25. The Morgan fingerprint density at radius 1 is 1.11 bits per heavy atom. The topological polar surface area (TPSA) is 102 Å². The maximum Gasteiger partial charge on any atom is 0.269 e. The number of hydrogen-bond donors (Lipinski definition) is 2. The molecule has 2 N–H and O–H groups in total. The highest BCUT2D eigenvalue weighted by Gasteiger charge is 2.30. The Morgan fingerprint density at radius 3 is 2.56 bits per heavy atom. The van der Waals surface area contributed by atoms with Gasteiger partial charge < -0.3 is 20.1 Å². The van der Waals surface area contributed by atoms with Crippen LogP contribution in [0, 0.1) is 6.92 Å². The Balaban J connectivity index is 1.76. The van der Waals surface area contributed by atoms with E-state index in [9.17, 15) is 9.59 Å². The van der Waals surface area contributed by atoms with Crippen LogP contribution in [0.4, 0.5) is 5.69 Å². The number of benzene rings is 2. The van der Waals surface area contributed by atoms with E-state index in [4.69, 9.17) is 44.3 Å². The van der Waals surface area contributed by atoms with Crippen molar-refractivity contribution in [3.05, 3.63) is 86.0 Å². The monoisotopic (exact) mass is 546 g/mol. The molecule has 11 heteroatoms. The number of aromatic nitrogens is 1. The minimum absolute atomic E-state index is 0.120. The molecule has 0 saturated heterocycles. The third kappa shape index (κ3) is 5.47. The Hall–Kier alpha value is -3.17. The highest BCUT2D eigenvalue weighted by molar-refractivity contribution is 6.44. The van der Waals surface area contributed by atoms with Crippen molar-refractivity contribution in [3.8, 4) is 5.88 Å². The van der Waals surface area contributed by atoms with Crippen LogP contribution < -0.4 is 15.4 Å². The summed E-state index contributed by atoms with van der Waals surface area (Å²) in [5.74, 6) is -1.01. The maximum atomic E-state index is 13.4. The predicted molar refractivity (Wildman–Crippen MR) is 140 cm³/mol. The van der Waals surface area contributed by atoms with E-state index in [-0.39, 0.29) is 28.1 Å². The molecule has 1 unspecified atom stereocenters. The van der Waals surface area contributed by atoms with Gasteiger partial charge in [0.1, 0.15) is 12.2 Å². The van der Waals surface area contributed by atoms with Crippen LogP contribution in [-0.2, 0) is 9.53 Å². The number of aliphatic imine (C=N–C) groups is 1. The number of halogens is 3. The summed E-state index contributed by atoms with van der Waals surface area (Å²) >= 11 is 19.1. The standard InChI is InChI=1S/C25H21Cl3N4O4/c1-13-7-8-29-25(36-10-9-35-2)19(13)23(33)32-22-24(34)30-18-6-4-3-5-15(18)21(31-22)20-16(27)11-14(26)12-17(20)28/h3-8,11-12,22H,9-10H2,1-2H3,(H,30,34)(H,32,33). The number of amides is 2. The largest absolute Gasteiger partial charge is 0.475 e. The van der Waals surface area contributed by atoms with E-state index in [1.165, 1.54) is 25.4 Å². The quantitative estimate of drug-likeness (QED) is 0.409. The Kier molecular flexibility index (Phi) is 8.11. The molecule has 186 valence electrons. The second-order valence-electron chi connectivity index (χ2n) is 7.78. The van der Waals surface area contributed by atoms with Crippen molar-refractivity contribution in [2.45, 2.75) is 13.1 Å². The van der Waals surface area contributed by atoms with Gasteiger partial charge in [0, 0.05) is 29.5 Å². The van der Waals surface area contributed by atoms with Crippen LogP contribution in [0.15, 0.2) is 53.7 Å². The number of ether oxygens (including phenoxy) is 2. The first-order chi connectivity index (χ1) is 17.3. The van der Waals surface area contributed by atoms with Crippen LogP contribution in [0.25, 0.3) is 0 Å². The predicted octanol–water partition coefficient (Wildman–Crippen LogP) is 4.92. The van der Waals surface area contributed by atoms with Crippen molar-refractivity contribution in [2.75, 3.05) is 25.6 Å². The molecular formula is C25H21Cl3N4O4. The number of anilines is 1. The molecule has 2 heterocycles. The van der Waals surface area contributed by atoms with Gasteiger partial charge in [-0.15, -0.1) is 0 Å². The van der Waals surface area contributed by atoms with Crippen LogP contribution in [0.2, 0.25) is 15.1 Å². The average molecular weight is 548 g/mol. The number of aryl methyl sites for hydroxylation is 1. The van der Waals surface area contributed by atoms with Crippen molar-refractivity contribution in [2.24, 2.45) is 4.99 Å². The zero-order valence-electron chi connectivity index (χ0n) is 19.3. The van der Waals surface area contributed by atoms with E-state index in [2.05, 4.69) is 20.6 Å². The third-order valence-electron chi connectivity index (χ3n) is 5.34. The number of pyridine rings is 1. The number of hydrogen-bond acceptors (Lipinski definition) is 6. The first kappa shape index (κ1) is 25.9. The van der Waals surface area contributed by atoms with Gasteiger partial charge in [-0.3, -0.25) is 9.59 Å². The van der Waals surface area contributed by atoms with E-state index in [0.717, 1.165) is 0 Å². The smallest absolute Gasteiger partial charge is 0.269 e. The van der Waals surface area contributed by atoms with Crippen LogP contribution in [0.3, 0.4) is 0 Å². The molecule has 0 fully saturated rings. The Bertz CT molecular complexity index is 1340. The first-order valence-electron chi connectivity index (χ1n) is 10.8. The number of carbonyl (C=O) groups excluding carboxylic acids is 2. The van der Waals surface area contributed by atoms with E-state index >= 15 is 0 Å². The Labute approximate surface area is 222 Å². The Morgan fingerprint density at radius 2 is 1.83 bits per heavy atom. The number of nitrogens with zero attached hydrogens (tertiary/aromatic N) is 2. The molecule has 1 atom stereocenters. The minimum atomic E-state index is -1.31. The summed E-state index contributed by atoms with van der Waals surface area (Å²) in [7, 11) is 1.54. The van der Waals surface area contributed by atoms with Crippen LogP contribution >= 0.6 is 34.8 Å². The SMILES string of the molecule is COCCOc1nccc(C)c1C(=O)NC1N=C(c2c(Cl)cc(Cl)cc2Cl)c2ccccc2NC1=O. The first-order valence-corrected chi connectivity index (χ1v) is 11.9. The van der Waals surface area contributed by atoms with E-state index in [0.29, 0.717) is 39.7 Å². The minimum Gasteiger partial charge on any atom is -0.475 e. The summed E-state index contributed by atoms with van der Waals surface area (Å²) in [5, 5.41) is 6.33. The summed E-state index contributed by atoms with van der Waals surface area (Å²) < 4.78 is 10.6. The summed E-state index contributed by atoms with van der Waals surface area (Å²) in [6.07, 6.45) is 0.221. The second-order valence-corrected chi connectivity index (χ2v) is 9.03. The normalized spacial score (nSPS) is 14.9. The fourth-order valence-corrected chi connectivity index (χ4v) is 4.66. The van der Waals surface area contributed by atoms with E-state index in [1.807, 2.05) is 0 Å². The molecule has 3 aromatic rings. The molecule has 0 bridgehead atoms. The second kappa shape index (κ2) is 11.3. The zero-order valence-corrected chi connectivity index (χ0v) is 21.5. The third-order valence-corrected chi connectivity index (χ3v) is 6.15. The molecular weight excluding hydrogens is 527 g/mol. The lowest BCUT2D eigenvalue weighted by atomic mass is 10.0.